The summed E-state index contributed by atoms with van der Waals surface area (Å²) in [4.78, 5) is 28.5. The molecule has 0 unspecified atom stereocenters. The summed E-state index contributed by atoms with van der Waals surface area (Å²) in [6.07, 6.45) is 4.79. The Morgan fingerprint density at radius 1 is 1.13 bits per heavy atom. The molecule has 2 aromatic carbocycles. The van der Waals surface area contributed by atoms with Crippen molar-refractivity contribution in [3.63, 3.8) is 0 Å². The summed E-state index contributed by atoms with van der Waals surface area (Å²) in [6, 6.07) is 9.69. The van der Waals surface area contributed by atoms with E-state index in [1.165, 1.54) is 19.2 Å². The number of carbonyl (C=O) groups excluding carboxylic acids is 2. The van der Waals surface area contributed by atoms with Crippen molar-refractivity contribution in [1.82, 2.24) is 14.7 Å². The molecule has 4 rings (SSSR count). The van der Waals surface area contributed by atoms with Gasteiger partial charge in [0, 0.05) is 36.8 Å². The molecular weight excluding hydrogens is 399 g/mol. The summed E-state index contributed by atoms with van der Waals surface area (Å²) in [5, 5.41) is 5.23. The number of carbonyl (C=O) groups is 2. The fourth-order valence-electron chi connectivity index (χ4n) is 3.92. The number of hydrogen-bond acceptors (Lipinski definition) is 4. The topological polar surface area (TPSA) is 67.7 Å². The Balaban J connectivity index is 1.70. The standard InChI is InChI=1S/C23H25FN4O3/c1-26-21-13-19(9-8-17(21)14-25-26)28(23(30)27-10-4-3-5-11-27)15-18-7-6-16(12-20(18)24)22(29)31-2/h6-9,12-14H,3-5,10-11,15H2,1-2H3. The molecule has 1 aliphatic heterocycles. The summed E-state index contributed by atoms with van der Waals surface area (Å²) in [5.41, 5.74) is 2.01. The number of rotatable bonds is 4. The molecule has 2 amide bonds. The normalized spacial score (nSPS) is 14.0. The second-order valence-electron chi connectivity index (χ2n) is 7.73. The molecule has 0 saturated carbocycles. The molecule has 0 radical (unpaired) electrons. The van der Waals surface area contributed by atoms with E-state index >= 15 is 0 Å². The molecule has 31 heavy (non-hydrogen) atoms. The van der Waals surface area contributed by atoms with Gasteiger partial charge in [-0.3, -0.25) is 9.58 Å². The third-order valence-corrected chi connectivity index (χ3v) is 5.70. The molecule has 7 nitrogen and oxygen atoms in total. The monoisotopic (exact) mass is 424 g/mol. The van der Waals surface area contributed by atoms with Gasteiger partial charge in [0.1, 0.15) is 5.82 Å². The lowest BCUT2D eigenvalue weighted by molar-refractivity contribution is 0.0600. The lowest BCUT2D eigenvalue weighted by atomic mass is 10.1. The number of halogens is 1. The highest BCUT2D eigenvalue weighted by atomic mass is 19.1. The van der Waals surface area contributed by atoms with Crippen LogP contribution in [0.4, 0.5) is 14.9 Å². The fourth-order valence-corrected chi connectivity index (χ4v) is 3.92. The van der Waals surface area contributed by atoms with Crippen molar-refractivity contribution in [2.24, 2.45) is 7.05 Å². The molecule has 0 aliphatic carbocycles. The van der Waals surface area contributed by atoms with E-state index in [-0.39, 0.29) is 18.1 Å². The lowest BCUT2D eigenvalue weighted by Crippen LogP contribution is -2.45. The SMILES string of the molecule is COC(=O)c1ccc(CN(C(=O)N2CCCCC2)c2ccc3cnn(C)c3c2)c(F)c1. The van der Waals surface area contributed by atoms with Gasteiger partial charge in [0.25, 0.3) is 0 Å². The Kier molecular flexibility index (Phi) is 5.88. The Morgan fingerprint density at radius 2 is 1.90 bits per heavy atom. The number of aryl methyl sites for hydroxylation is 1. The van der Waals surface area contributed by atoms with E-state index in [4.69, 9.17) is 0 Å². The van der Waals surface area contributed by atoms with Crippen LogP contribution in [-0.2, 0) is 18.3 Å². The minimum atomic E-state index is -0.603. The molecule has 3 aromatic rings. The van der Waals surface area contributed by atoms with Crippen molar-refractivity contribution in [2.45, 2.75) is 25.8 Å². The molecule has 1 saturated heterocycles. The number of aromatic nitrogens is 2. The van der Waals surface area contributed by atoms with E-state index in [9.17, 15) is 14.0 Å². The van der Waals surface area contributed by atoms with Gasteiger partial charge in [-0.05, 0) is 49.6 Å². The first-order valence-corrected chi connectivity index (χ1v) is 10.3. The number of piperidine rings is 1. The average molecular weight is 424 g/mol. The number of urea groups is 1. The van der Waals surface area contributed by atoms with Gasteiger partial charge in [-0.25, -0.2) is 14.0 Å². The number of fused-ring (bicyclic) bond motifs is 1. The van der Waals surface area contributed by atoms with Crippen LogP contribution < -0.4 is 4.90 Å². The van der Waals surface area contributed by atoms with E-state index < -0.39 is 11.8 Å². The van der Waals surface area contributed by atoms with Crippen molar-refractivity contribution < 1.29 is 18.7 Å². The molecule has 1 aliphatic rings. The third kappa shape index (κ3) is 4.23. The van der Waals surface area contributed by atoms with Gasteiger partial charge in [-0.2, -0.15) is 5.10 Å². The average Bonchev–Trinajstić information content (AvgIpc) is 3.18. The first-order valence-electron chi connectivity index (χ1n) is 10.3. The molecule has 0 bridgehead atoms. The molecule has 0 N–H and O–H groups in total. The smallest absolute Gasteiger partial charge is 0.337 e. The van der Waals surface area contributed by atoms with E-state index in [1.54, 1.807) is 15.8 Å². The van der Waals surface area contributed by atoms with Crippen LogP contribution in [0.5, 0.6) is 0 Å². The Labute approximate surface area is 180 Å². The first-order chi connectivity index (χ1) is 15.0. The number of ether oxygens (including phenoxy) is 1. The number of hydrogen-bond donors (Lipinski definition) is 0. The highest BCUT2D eigenvalue weighted by Gasteiger charge is 2.25. The predicted octanol–water partition coefficient (Wildman–Crippen LogP) is 4.11. The van der Waals surface area contributed by atoms with Crippen LogP contribution in [-0.4, -0.2) is 46.9 Å². The number of benzene rings is 2. The number of amides is 2. The molecule has 0 atom stereocenters. The van der Waals surface area contributed by atoms with Crippen molar-refractivity contribution in [1.29, 1.82) is 0 Å². The Hall–Kier alpha value is -3.42. The van der Waals surface area contributed by atoms with E-state index in [0.29, 0.717) is 24.3 Å². The number of methoxy groups -OCH3 is 1. The van der Waals surface area contributed by atoms with Crippen molar-refractivity contribution in [2.75, 3.05) is 25.1 Å². The summed E-state index contributed by atoms with van der Waals surface area (Å²) < 4.78 is 21.2. The molecule has 8 heteroatoms. The summed E-state index contributed by atoms with van der Waals surface area (Å²) in [5.74, 6) is -1.16. The van der Waals surface area contributed by atoms with Crippen LogP contribution in [0.2, 0.25) is 0 Å². The molecular formula is C23H25FN4O3. The summed E-state index contributed by atoms with van der Waals surface area (Å²) in [7, 11) is 3.09. The van der Waals surface area contributed by atoms with E-state index in [0.717, 1.165) is 36.2 Å². The zero-order valence-corrected chi connectivity index (χ0v) is 17.7. The minimum Gasteiger partial charge on any atom is -0.465 e. The summed E-state index contributed by atoms with van der Waals surface area (Å²) >= 11 is 0. The molecule has 0 spiro atoms. The predicted molar refractivity (Wildman–Crippen MR) is 115 cm³/mol. The van der Waals surface area contributed by atoms with Crippen LogP contribution in [0.1, 0.15) is 35.2 Å². The second kappa shape index (κ2) is 8.75. The van der Waals surface area contributed by atoms with Crippen LogP contribution in [0, 0.1) is 5.82 Å². The van der Waals surface area contributed by atoms with Crippen LogP contribution in [0.25, 0.3) is 10.9 Å². The van der Waals surface area contributed by atoms with Gasteiger partial charge in [-0.15, -0.1) is 0 Å². The highest BCUT2D eigenvalue weighted by Crippen LogP contribution is 2.26. The van der Waals surface area contributed by atoms with Gasteiger partial charge < -0.3 is 9.64 Å². The minimum absolute atomic E-state index is 0.0476. The Bertz CT molecular complexity index is 1120. The number of esters is 1. The molecule has 162 valence electrons. The lowest BCUT2D eigenvalue weighted by Gasteiger charge is -2.33. The number of nitrogens with zero attached hydrogens (tertiary/aromatic N) is 4. The van der Waals surface area contributed by atoms with Crippen molar-refractivity contribution in [3.05, 3.63) is 59.5 Å². The van der Waals surface area contributed by atoms with Crippen molar-refractivity contribution >= 4 is 28.6 Å². The van der Waals surface area contributed by atoms with E-state index in [2.05, 4.69) is 9.84 Å². The number of anilines is 1. The van der Waals surface area contributed by atoms with Gasteiger partial charge in [0.05, 0.1) is 30.9 Å². The maximum atomic E-state index is 14.8. The summed E-state index contributed by atoms with van der Waals surface area (Å²) in [6.45, 7) is 1.42. The van der Waals surface area contributed by atoms with Crippen LogP contribution >= 0.6 is 0 Å². The molecule has 1 aromatic heterocycles. The van der Waals surface area contributed by atoms with Gasteiger partial charge in [0.2, 0.25) is 0 Å². The van der Waals surface area contributed by atoms with Crippen LogP contribution in [0.15, 0.2) is 42.6 Å². The molecule has 1 fully saturated rings. The fraction of sp³-hybridized carbons (Fsp3) is 0.348. The number of likely N-dealkylation sites (tertiary alicyclic amines) is 1. The maximum Gasteiger partial charge on any atom is 0.337 e. The van der Waals surface area contributed by atoms with Crippen LogP contribution in [0.3, 0.4) is 0 Å². The van der Waals surface area contributed by atoms with E-state index in [1.807, 2.05) is 30.1 Å². The van der Waals surface area contributed by atoms with Gasteiger partial charge in [0.15, 0.2) is 0 Å². The largest absolute Gasteiger partial charge is 0.465 e. The van der Waals surface area contributed by atoms with Crippen molar-refractivity contribution in [3.8, 4) is 0 Å². The van der Waals surface area contributed by atoms with Gasteiger partial charge >= 0.3 is 12.0 Å². The first kappa shape index (κ1) is 20.8. The van der Waals surface area contributed by atoms with Gasteiger partial charge in [-0.1, -0.05) is 6.07 Å². The molecule has 2 heterocycles. The Morgan fingerprint density at radius 3 is 2.61 bits per heavy atom. The zero-order chi connectivity index (χ0) is 22.0. The highest BCUT2D eigenvalue weighted by molar-refractivity contribution is 5.95. The quantitative estimate of drug-likeness (QED) is 0.591. The second-order valence-corrected chi connectivity index (χ2v) is 7.73. The zero-order valence-electron chi connectivity index (χ0n) is 17.7. The maximum absolute atomic E-state index is 14.8. The third-order valence-electron chi connectivity index (χ3n) is 5.70.